The average Bonchev–Trinajstić information content (AvgIpc) is 2.35. The van der Waals surface area contributed by atoms with E-state index < -0.39 is 0 Å². The predicted octanol–water partition coefficient (Wildman–Crippen LogP) is 3.08. The van der Waals surface area contributed by atoms with Gasteiger partial charge in [-0.3, -0.25) is 0 Å². The maximum Gasteiger partial charge on any atom is 0.140 e. The molecule has 1 aromatic rings. The van der Waals surface area contributed by atoms with Crippen LogP contribution in [0.1, 0.15) is 31.2 Å². The molecule has 4 heteroatoms. The van der Waals surface area contributed by atoms with E-state index in [1.807, 2.05) is 12.3 Å². The molecule has 2 unspecified atom stereocenters. The molecule has 0 amide bonds. The molecule has 0 radical (unpaired) electrons. The van der Waals surface area contributed by atoms with Crippen LogP contribution in [0.2, 0.25) is 0 Å². The van der Waals surface area contributed by atoms with Gasteiger partial charge in [-0.2, -0.15) is 0 Å². The Kier molecular flexibility index (Phi) is 4.40. The molecular formula is C13H20BrN3. The van der Waals surface area contributed by atoms with Crippen LogP contribution >= 0.6 is 15.9 Å². The van der Waals surface area contributed by atoms with Crippen LogP contribution in [0, 0.1) is 12.8 Å². The highest BCUT2D eigenvalue weighted by Crippen LogP contribution is 2.29. The number of aromatic nitrogens is 1. The second kappa shape index (κ2) is 5.83. The average molecular weight is 298 g/mol. The molecule has 2 rings (SSSR count). The summed E-state index contributed by atoms with van der Waals surface area (Å²) in [5, 5.41) is 3.54. The third-order valence-electron chi connectivity index (χ3n) is 3.54. The molecule has 3 N–H and O–H groups in total. The van der Waals surface area contributed by atoms with Crippen molar-refractivity contribution in [3.63, 3.8) is 0 Å². The van der Waals surface area contributed by atoms with Crippen LogP contribution in [0.5, 0.6) is 0 Å². The Morgan fingerprint density at radius 2 is 2.35 bits per heavy atom. The van der Waals surface area contributed by atoms with Gasteiger partial charge in [0.05, 0.1) is 4.47 Å². The maximum atomic E-state index is 5.76. The van der Waals surface area contributed by atoms with E-state index in [-0.39, 0.29) is 0 Å². The molecule has 17 heavy (non-hydrogen) atoms. The van der Waals surface area contributed by atoms with E-state index in [0.717, 1.165) is 16.8 Å². The van der Waals surface area contributed by atoms with Crippen LogP contribution in [0.3, 0.4) is 0 Å². The van der Waals surface area contributed by atoms with Crippen molar-refractivity contribution < 1.29 is 0 Å². The Bertz CT molecular complexity index is 381. The first-order valence-corrected chi connectivity index (χ1v) is 7.07. The summed E-state index contributed by atoms with van der Waals surface area (Å²) in [6, 6.07) is 2.53. The zero-order chi connectivity index (χ0) is 12.3. The minimum atomic E-state index is 0.517. The van der Waals surface area contributed by atoms with Gasteiger partial charge in [0.25, 0.3) is 0 Å². The van der Waals surface area contributed by atoms with Crippen molar-refractivity contribution >= 4 is 21.7 Å². The van der Waals surface area contributed by atoms with E-state index in [1.165, 1.54) is 31.2 Å². The molecule has 0 saturated heterocycles. The summed E-state index contributed by atoms with van der Waals surface area (Å²) < 4.78 is 1.08. The van der Waals surface area contributed by atoms with Gasteiger partial charge in [-0.1, -0.05) is 6.42 Å². The van der Waals surface area contributed by atoms with Crippen molar-refractivity contribution in [3.05, 3.63) is 22.3 Å². The van der Waals surface area contributed by atoms with Crippen LogP contribution < -0.4 is 11.1 Å². The minimum absolute atomic E-state index is 0.517. The van der Waals surface area contributed by atoms with Crippen molar-refractivity contribution in [2.75, 3.05) is 11.9 Å². The molecule has 94 valence electrons. The number of pyridine rings is 1. The fourth-order valence-corrected chi connectivity index (χ4v) is 2.82. The lowest BCUT2D eigenvalue weighted by Gasteiger charge is -2.29. The van der Waals surface area contributed by atoms with Crippen molar-refractivity contribution in [2.24, 2.45) is 11.7 Å². The van der Waals surface area contributed by atoms with Gasteiger partial charge in [-0.25, -0.2) is 4.98 Å². The summed E-state index contributed by atoms with van der Waals surface area (Å²) in [5.74, 6) is 1.64. The first-order valence-electron chi connectivity index (χ1n) is 6.28. The van der Waals surface area contributed by atoms with E-state index in [2.05, 4.69) is 33.2 Å². The molecule has 3 nitrogen and oxygen atoms in total. The number of halogens is 1. The molecule has 1 heterocycles. The topological polar surface area (TPSA) is 50.9 Å². The van der Waals surface area contributed by atoms with Crippen LogP contribution in [-0.4, -0.2) is 17.6 Å². The highest BCUT2D eigenvalue weighted by atomic mass is 79.9. The Labute approximate surface area is 111 Å². The standard InChI is InChI=1S/C13H20BrN3/c1-9-5-6-16-13(12(9)14)17-11-4-2-3-10(7-11)8-15/h5-6,10-11H,2-4,7-8,15H2,1H3,(H,16,17). The van der Waals surface area contributed by atoms with Crippen molar-refractivity contribution in [3.8, 4) is 0 Å². The van der Waals surface area contributed by atoms with Gasteiger partial charge in [0.15, 0.2) is 0 Å². The first kappa shape index (κ1) is 12.8. The number of rotatable bonds is 3. The van der Waals surface area contributed by atoms with E-state index in [1.54, 1.807) is 0 Å². The monoisotopic (exact) mass is 297 g/mol. The van der Waals surface area contributed by atoms with Crippen molar-refractivity contribution in [1.29, 1.82) is 0 Å². The maximum absolute atomic E-state index is 5.76. The van der Waals surface area contributed by atoms with Gasteiger partial charge in [-0.05, 0) is 66.2 Å². The summed E-state index contributed by atoms with van der Waals surface area (Å²) in [5.41, 5.74) is 6.98. The molecule has 0 aliphatic heterocycles. The van der Waals surface area contributed by atoms with E-state index in [0.29, 0.717) is 12.0 Å². The molecule has 1 aromatic heterocycles. The highest BCUT2D eigenvalue weighted by molar-refractivity contribution is 9.10. The summed E-state index contributed by atoms with van der Waals surface area (Å²) in [6.45, 7) is 2.89. The third-order valence-corrected chi connectivity index (χ3v) is 4.54. The number of anilines is 1. The molecule has 0 aromatic carbocycles. The molecule has 1 aliphatic rings. The largest absolute Gasteiger partial charge is 0.366 e. The van der Waals surface area contributed by atoms with Crippen LogP contribution in [0.4, 0.5) is 5.82 Å². The molecule has 1 saturated carbocycles. The SMILES string of the molecule is Cc1ccnc(NC2CCCC(CN)C2)c1Br. The first-order chi connectivity index (χ1) is 8.20. The summed E-state index contributed by atoms with van der Waals surface area (Å²) in [6.07, 6.45) is 6.78. The lowest BCUT2D eigenvalue weighted by Crippen LogP contribution is -2.31. The molecule has 1 fully saturated rings. The summed E-state index contributed by atoms with van der Waals surface area (Å²) in [7, 11) is 0. The zero-order valence-corrected chi connectivity index (χ0v) is 11.8. The fourth-order valence-electron chi connectivity index (χ4n) is 2.47. The number of nitrogens with zero attached hydrogens (tertiary/aromatic N) is 1. The van der Waals surface area contributed by atoms with Crippen LogP contribution in [-0.2, 0) is 0 Å². The van der Waals surface area contributed by atoms with Gasteiger partial charge in [0.2, 0.25) is 0 Å². The Morgan fingerprint density at radius 3 is 3.12 bits per heavy atom. The van der Waals surface area contributed by atoms with Crippen molar-refractivity contribution in [2.45, 2.75) is 38.6 Å². The van der Waals surface area contributed by atoms with Gasteiger partial charge in [0.1, 0.15) is 5.82 Å². The number of nitrogens with one attached hydrogen (secondary N) is 1. The van der Waals surface area contributed by atoms with Gasteiger partial charge in [0, 0.05) is 12.2 Å². The molecular weight excluding hydrogens is 278 g/mol. The Hall–Kier alpha value is -0.610. The lowest BCUT2D eigenvalue weighted by molar-refractivity contribution is 0.342. The Balaban J connectivity index is 2.02. The van der Waals surface area contributed by atoms with E-state index >= 15 is 0 Å². The zero-order valence-electron chi connectivity index (χ0n) is 10.2. The third kappa shape index (κ3) is 3.19. The summed E-state index contributed by atoms with van der Waals surface area (Å²) in [4.78, 5) is 4.39. The second-order valence-corrected chi connectivity index (χ2v) is 5.69. The fraction of sp³-hybridized carbons (Fsp3) is 0.615. The predicted molar refractivity (Wildman–Crippen MR) is 75.1 cm³/mol. The van der Waals surface area contributed by atoms with E-state index in [4.69, 9.17) is 5.73 Å². The number of hydrogen-bond donors (Lipinski definition) is 2. The smallest absolute Gasteiger partial charge is 0.140 e. The molecule has 0 spiro atoms. The second-order valence-electron chi connectivity index (χ2n) is 4.90. The summed E-state index contributed by atoms with van der Waals surface area (Å²) >= 11 is 3.59. The molecule has 1 aliphatic carbocycles. The number of hydrogen-bond acceptors (Lipinski definition) is 3. The number of aryl methyl sites for hydroxylation is 1. The van der Waals surface area contributed by atoms with Crippen LogP contribution in [0.25, 0.3) is 0 Å². The van der Waals surface area contributed by atoms with E-state index in [9.17, 15) is 0 Å². The van der Waals surface area contributed by atoms with Gasteiger partial charge >= 0.3 is 0 Å². The highest BCUT2D eigenvalue weighted by Gasteiger charge is 2.21. The van der Waals surface area contributed by atoms with Crippen LogP contribution in [0.15, 0.2) is 16.7 Å². The lowest BCUT2D eigenvalue weighted by atomic mass is 9.86. The Morgan fingerprint density at radius 1 is 1.53 bits per heavy atom. The number of nitrogens with two attached hydrogens (primary N) is 1. The quantitative estimate of drug-likeness (QED) is 0.901. The normalized spacial score (nSPS) is 24.6. The van der Waals surface area contributed by atoms with Gasteiger partial charge < -0.3 is 11.1 Å². The minimum Gasteiger partial charge on any atom is -0.366 e. The van der Waals surface area contributed by atoms with Crippen molar-refractivity contribution in [1.82, 2.24) is 4.98 Å². The molecule has 0 bridgehead atoms. The molecule has 2 atom stereocenters. The van der Waals surface area contributed by atoms with Gasteiger partial charge in [-0.15, -0.1) is 0 Å².